The molecule has 3 saturated heterocycles. The zero-order valence-electron chi connectivity index (χ0n) is 18.0. The summed E-state index contributed by atoms with van der Waals surface area (Å²) >= 11 is 0. The van der Waals surface area contributed by atoms with Gasteiger partial charge in [0.1, 0.15) is 5.75 Å². The minimum Gasteiger partial charge on any atom is -0.497 e. The molecule has 0 saturated carbocycles. The number of ether oxygens (including phenoxy) is 1. The first-order valence-electron chi connectivity index (χ1n) is 11.1. The normalized spacial score (nSPS) is 25.9. The lowest BCUT2D eigenvalue weighted by molar-refractivity contribution is -0.141. The van der Waals surface area contributed by atoms with Crippen LogP contribution in [0.2, 0.25) is 0 Å². The summed E-state index contributed by atoms with van der Waals surface area (Å²) in [6.45, 7) is 6.43. The summed E-state index contributed by atoms with van der Waals surface area (Å²) in [5.41, 5.74) is 1.56. The first kappa shape index (κ1) is 20.4. The fraction of sp³-hybridized carbons (Fsp3) is 0.625. The number of methoxy groups -OCH3 is 1. The Labute approximate surface area is 175 Å². The lowest BCUT2D eigenvalue weighted by Crippen LogP contribution is -2.54. The van der Waals surface area contributed by atoms with Crippen LogP contribution in [0.25, 0.3) is 6.08 Å². The van der Waals surface area contributed by atoms with Gasteiger partial charge in [-0.3, -0.25) is 9.69 Å². The van der Waals surface area contributed by atoms with Gasteiger partial charge >= 0.3 is 0 Å². The number of rotatable bonds is 5. The van der Waals surface area contributed by atoms with Gasteiger partial charge in [-0.25, -0.2) is 0 Å². The van der Waals surface area contributed by atoms with Gasteiger partial charge in [-0.1, -0.05) is 24.3 Å². The van der Waals surface area contributed by atoms with E-state index >= 15 is 0 Å². The SMILES string of the molecule is COc1ccc(/C=C/CN2CCC3(CCC(=O)N(C4CCN(C)C4)C3)CC2)cc1. The largest absolute Gasteiger partial charge is 0.497 e. The van der Waals surface area contributed by atoms with Crippen LogP contribution in [0.1, 0.15) is 37.7 Å². The zero-order valence-corrected chi connectivity index (χ0v) is 18.0. The summed E-state index contributed by atoms with van der Waals surface area (Å²) in [6.07, 6.45) is 9.87. The van der Waals surface area contributed by atoms with Crippen LogP contribution in [0.4, 0.5) is 0 Å². The molecule has 1 amide bonds. The summed E-state index contributed by atoms with van der Waals surface area (Å²) < 4.78 is 5.22. The van der Waals surface area contributed by atoms with Crippen LogP contribution in [-0.4, -0.2) is 80.1 Å². The Balaban J connectivity index is 1.28. The lowest BCUT2D eigenvalue weighted by atomic mass is 9.72. The summed E-state index contributed by atoms with van der Waals surface area (Å²) in [6, 6.07) is 8.63. The van der Waals surface area contributed by atoms with Gasteiger partial charge in [0.15, 0.2) is 0 Å². The molecule has 0 bridgehead atoms. The van der Waals surface area contributed by atoms with Crippen LogP contribution in [0, 0.1) is 5.41 Å². The maximum absolute atomic E-state index is 12.6. The Bertz CT molecular complexity index is 722. The van der Waals surface area contributed by atoms with Gasteiger partial charge in [0, 0.05) is 32.1 Å². The molecule has 3 heterocycles. The predicted octanol–water partition coefficient (Wildman–Crippen LogP) is 3.12. The summed E-state index contributed by atoms with van der Waals surface area (Å²) in [7, 11) is 3.86. The highest BCUT2D eigenvalue weighted by atomic mass is 16.5. The maximum atomic E-state index is 12.6. The molecule has 1 aromatic rings. The van der Waals surface area contributed by atoms with Crippen molar-refractivity contribution >= 4 is 12.0 Å². The van der Waals surface area contributed by atoms with Crippen LogP contribution >= 0.6 is 0 Å². The monoisotopic (exact) mass is 397 g/mol. The maximum Gasteiger partial charge on any atom is 0.222 e. The molecule has 1 spiro atoms. The standard InChI is InChI=1S/C24H35N3O2/c1-25-15-10-21(18-25)27-19-24(11-9-23(27)28)12-16-26(17-13-24)14-3-4-20-5-7-22(29-2)8-6-20/h3-8,21H,9-19H2,1-2H3/b4-3+. The molecule has 3 aliphatic rings. The fourth-order valence-electron chi connectivity index (χ4n) is 5.21. The highest BCUT2D eigenvalue weighted by Crippen LogP contribution is 2.41. The van der Waals surface area contributed by atoms with Gasteiger partial charge in [-0.2, -0.15) is 0 Å². The molecule has 1 unspecified atom stereocenters. The Morgan fingerprint density at radius 1 is 1.14 bits per heavy atom. The Kier molecular flexibility index (Phi) is 6.26. The van der Waals surface area contributed by atoms with E-state index in [4.69, 9.17) is 4.74 Å². The van der Waals surface area contributed by atoms with Crippen molar-refractivity contribution < 1.29 is 9.53 Å². The van der Waals surface area contributed by atoms with Crippen molar-refractivity contribution in [1.82, 2.24) is 14.7 Å². The number of carbonyl (C=O) groups is 1. The molecule has 4 rings (SSSR count). The second kappa shape index (κ2) is 8.88. The fourth-order valence-corrected chi connectivity index (χ4v) is 5.21. The summed E-state index contributed by atoms with van der Waals surface area (Å²) in [4.78, 5) is 19.7. The van der Waals surface area contributed by atoms with Gasteiger partial charge in [-0.15, -0.1) is 0 Å². The minimum absolute atomic E-state index is 0.352. The van der Waals surface area contributed by atoms with Crippen LogP contribution < -0.4 is 4.74 Å². The Morgan fingerprint density at radius 3 is 2.55 bits per heavy atom. The Morgan fingerprint density at radius 2 is 1.90 bits per heavy atom. The van der Waals surface area contributed by atoms with E-state index in [1.54, 1.807) is 7.11 Å². The van der Waals surface area contributed by atoms with Crippen molar-refractivity contribution in [2.75, 3.05) is 53.4 Å². The number of likely N-dealkylation sites (tertiary alicyclic amines) is 3. The highest BCUT2D eigenvalue weighted by molar-refractivity contribution is 5.77. The van der Waals surface area contributed by atoms with Gasteiger partial charge in [-0.05, 0) is 75.5 Å². The topological polar surface area (TPSA) is 36.0 Å². The zero-order chi connectivity index (χ0) is 20.3. The highest BCUT2D eigenvalue weighted by Gasteiger charge is 2.43. The molecule has 1 aromatic carbocycles. The van der Waals surface area contributed by atoms with E-state index in [0.29, 0.717) is 17.4 Å². The number of likely N-dealkylation sites (N-methyl/N-ethyl adjacent to an activating group) is 1. The first-order valence-corrected chi connectivity index (χ1v) is 11.1. The lowest BCUT2D eigenvalue weighted by Gasteiger charge is -2.49. The second-order valence-electron chi connectivity index (χ2n) is 9.20. The molecule has 0 aromatic heterocycles. The van der Waals surface area contributed by atoms with E-state index in [1.807, 2.05) is 12.1 Å². The number of amides is 1. The predicted molar refractivity (Wildman–Crippen MR) is 117 cm³/mol. The van der Waals surface area contributed by atoms with Crippen molar-refractivity contribution in [2.24, 2.45) is 5.41 Å². The first-order chi connectivity index (χ1) is 14.1. The van der Waals surface area contributed by atoms with Crippen molar-refractivity contribution in [3.05, 3.63) is 35.9 Å². The van der Waals surface area contributed by atoms with E-state index in [9.17, 15) is 4.79 Å². The smallest absolute Gasteiger partial charge is 0.222 e. The number of hydrogen-bond donors (Lipinski definition) is 0. The van der Waals surface area contributed by atoms with Gasteiger partial charge in [0.05, 0.1) is 7.11 Å². The van der Waals surface area contributed by atoms with Crippen LogP contribution in [-0.2, 0) is 4.79 Å². The average molecular weight is 398 g/mol. The Hall–Kier alpha value is -1.85. The van der Waals surface area contributed by atoms with Crippen molar-refractivity contribution in [3.8, 4) is 5.75 Å². The van der Waals surface area contributed by atoms with Gasteiger partial charge in [0.25, 0.3) is 0 Å². The van der Waals surface area contributed by atoms with Crippen molar-refractivity contribution in [2.45, 2.75) is 38.1 Å². The molecule has 5 nitrogen and oxygen atoms in total. The van der Waals surface area contributed by atoms with Crippen LogP contribution in [0.15, 0.2) is 30.3 Å². The minimum atomic E-state index is 0.352. The second-order valence-corrected chi connectivity index (χ2v) is 9.20. The van der Waals surface area contributed by atoms with Gasteiger partial charge in [0.2, 0.25) is 5.91 Å². The molecule has 158 valence electrons. The molecule has 5 heteroatoms. The van der Waals surface area contributed by atoms with Crippen molar-refractivity contribution in [3.63, 3.8) is 0 Å². The van der Waals surface area contributed by atoms with E-state index in [1.165, 1.54) is 18.4 Å². The number of benzene rings is 1. The molecule has 29 heavy (non-hydrogen) atoms. The molecular formula is C24H35N3O2. The third-order valence-electron chi connectivity index (χ3n) is 7.21. The molecule has 3 aliphatic heterocycles. The van der Waals surface area contributed by atoms with Gasteiger partial charge < -0.3 is 14.5 Å². The molecule has 0 N–H and O–H groups in total. The number of piperidine rings is 2. The number of nitrogens with zero attached hydrogens (tertiary/aromatic N) is 3. The summed E-state index contributed by atoms with van der Waals surface area (Å²) in [5, 5.41) is 0. The number of carbonyl (C=O) groups excluding carboxylic acids is 1. The van der Waals surface area contributed by atoms with E-state index < -0.39 is 0 Å². The van der Waals surface area contributed by atoms with Crippen LogP contribution in [0.5, 0.6) is 5.75 Å². The molecule has 1 atom stereocenters. The third kappa shape index (κ3) is 4.84. The van der Waals surface area contributed by atoms with E-state index in [0.717, 1.165) is 64.3 Å². The quantitative estimate of drug-likeness (QED) is 0.765. The number of hydrogen-bond acceptors (Lipinski definition) is 4. The molecule has 3 fully saturated rings. The molecular weight excluding hydrogens is 362 g/mol. The summed E-state index contributed by atoms with van der Waals surface area (Å²) in [5.74, 6) is 1.29. The molecule has 0 radical (unpaired) electrons. The van der Waals surface area contributed by atoms with Crippen LogP contribution in [0.3, 0.4) is 0 Å². The van der Waals surface area contributed by atoms with E-state index in [-0.39, 0.29) is 0 Å². The van der Waals surface area contributed by atoms with Crippen molar-refractivity contribution in [1.29, 1.82) is 0 Å². The van der Waals surface area contributed by atoms with E-state index in [2.05, 4.69) is 46.0 Å². The molecule has 0 aliphatic carbocycles. The third-order valence-corrected chi connectivity index (χ3v) is 7.21. The average Bonchev–Trinajstić information content (AvgIpc) is 3.18.